The quantitative estimate of drug-likeness (QED) is 0.367. The van der Waals surface area contributed by atoms with Crippen LogP contribution in [0.15, 0.2) is 30.3 Å². The minimum atomic E-state index is -2.75. The van der Waals surface area contributed by atoms with Crippen LogP contribution in [0.1, 0.15) is 58.7 Å². The van der Waals surface area contributed by atoms with Gasteiger partial charge < -0.3 is 25.4 Å². The largest absolute Gasteiger partial charge is 0.389 e. The highest BCUT2D eigenvalue weighted by Gasteiger charge is 2.28. The number of aromatic nitrogens is 4. The fourth-order valence-corrected chi connectivity index (χ4v) is 5.33. The molecule has 9 nitrogen and oxygen atoms in total. The van der Waals surface area contributed by atoms with Crippen molar-refractivity contribution in [3.63, 3.8) is 0 Å². The van der Waals surface area contributed by atoms with E-state index in [0.717, 1.165) is 25.7 Å². The number of nitrogens with zero attached hydrogens (tertiary/aromatic N) is 5. The predicted octanol–water partition coefficient (Wildman–Crippen LogP) is 4.31. The summed E-state index contributed by atoms with van der Waals surface area (Å²) < 4.78 is 35.1. The summed E-state index contributed by atoms with van der Waals surface area (Å²) in [7, 11) is 0. The summed E-state index contributed by atoms with van der Waals surface area (Å²) in [6.07, 6.45) is 1.40. The number of imidazole rings is 1. The van der Waals surface area contributed by atoms with Gasteiger partial charge in [0.15, 0.2) is 5.82 Å². The fraction of sp³-hybridized carbons (Fsp3) is 0.607. The van der Waals surface area contributed by atoms with E-state index >= 15 is 0 Å². The van der Waals surface area contributed by atoms with Crippen LogP contribution in [0.5, 0.6) is 0 Å². The van der Waals surface area contributed by atoms with Crippen molar-refractivity contribution in [2.24, 2.45) is 5.92 Å². The summed E-state index contributed by atoms with van der Waals surface area (Å²) in [6, 6.07) is 9.28. The number of hydrogen-bond acceptors (Lipinski definition) is 8. The molecule has 5 rings (SSSR count). The number of anilines is 2. The van der Waals surface area contributed by atoms with Gasteiger partial charge in [0, 0.05) is 37.8 Å². The molecule has 0 bridgehead atoms. The molecular formula is C28H39F2N7O2. The number of aliphatic hydroxyl groups is 1. The Hall–Kier alpha value is -2.89. The molecule has 0 radical (unpaired) electrons. The molecule has 1 saturated heterocycles. The van der Waals surface area contributed by atoms with Crippen LogP contribution in [-0.2, 0) is 4.74 Å². The molecule has 1 saturated carbocycles. The molecule has 3 heterocycles. The Kier molecular flexibility index (Phi) is 8.29. The number of para-hydroxylation sites is 2. The molecule has 1 aromatic carbocycles. The topological polar surface area (TPSA) is 100 Å². The second kappa shape index (κ2) is 11.7. The van der Waals surface area contributed by atoms with Crippen LogP contribution in [0.4, 0.5) is 20.5 Å². The third-order valence-corrected chi connectivity index (χ3v) is 7.99. The van der Waals surface area contributed by atoms with E-state index in [4.69, 9.17) is 14.7 Å². The lowest BCUT2D eigenvalue weighted by Crippen LogP contribution is -2.49. The lowest BCUT2D eigenvalue weighted by Gasteiger charge is -2.35. The molecule has 0 amide bonds. The van der Waals surface area contributed by atoms with E-state index in [9.17, 15) is 13.9 Å². The zero-order valence-corrected chi connectivity index (χ0v) is 22.9. The number of rotatable bonds is 9. The van der Waals surface area contributed by atoms with Crippen molar-refractivity contribution in [3.8, 4) is 5.82 Å². The summed E-state index contributed by atoms with van der Waals surface area (Å²) >= 11 is 0. The number of alkyl halides is 2. The van der Waals surface area contributed by atoms with Gasteiger partial charge in [-0.15, -0.1) is 0 Å². The Morgan fingerprint density at radius 2 is 1.74 bits per heavy atom. The van der Waals surface area contributed by atoms with E-state index < -0.39 is 12.0 Å². The molecule has 212 valence electrons. The maximum Gasteiger partial charge on any atom is 0.296 e. The molecule has 1 atom stereocenters. The van der Waals surface area contributed by atoms with E-state index in [1.165, 1.54) is 4.57 Å². The number of hydrogen-bond donors (Lipinski definition) is 3. The zero-order valence-electron chi connectivity index (χ0n) is 22.9. The van der Waals surface area contributed by atoms with Gasteiger partial charge >= 0.3 is 0 Å². The van der Waals surface area contributed by atoms with Crippen molar-refractivity contribution in [2.75, 3.05) is 43.1 Å². The molecule has 1 aliphatic heterocycles. The summed E-state index contributed by atoms with van der Waals surface area (Å²) in [6.45, 7) is 8.89. The van der Waals surface area contributed by atoms with Crippen LogP contribution in [-0.4, -0.2) is 75.2 Å². The van der Waals surface area contributed by atoms with Crippen molar-refractivity contribution < 1.29 is 18.6 Å². The van der Waals surface area contributed by atoms with E-state index in [1.54, 1.807) is 24.3 Å². The van der Waals surface area contributed by atoms with E-state index in [0.29, 0.717) is 73.4 Å². The van der Waals surface area contributed by atoms with Crippen LogP contribution in [0.2, 0.25) is 0 Å². The molecule has 2 aliphatic rings. The molecule has 1 aliphatic carbocycles. The van der Waals surface area contributed by atoms with Gasteiger partial charge in [0.05, 0.1) is 29.8 Å². The van der Waals surface area contributed by atoms with Crippen LogP contribution in [0, 0.1) is 5.92 Å². The zero-order chi connectivity index (χ0) is 27.6. The van der Waals surface area contributed by atoms with Crippen molar-refractivity contribution in [1.29, 1.82) is 0 Å². The van der Waals surface area contributed by atoms with Gasteiger partial charge in [0.1, 0.15) is 11.6 Å². The maximum absolute atomic E-state index is 14.1. The first-order valence-electron chi connectivity index (χ1n) is 13.9. The van der Waals surface area contributed by atoms with Gasteiger partial charge in [0.2, 0.25) is 5.95 Å². The van der Waals surface area contributed by atoms with E-state index in [1.807, 2.05) is 26.8 Å². The number of halogens is 2. The first-order chi connectivity index (χ1) is 18.7. The second-order valence-corrected chi connectivity index (χ2v) is 11.2. The number of nitrogens with one attached hydrogen (secondary N) is 2. The van der Waals surface area contributed by atoms with Crippen molar-refractivity contribution in [3.05, 3.63) is 36.2 Å². The third-order valence-electron chi connectivity index (χ3n) is 7.99. The second-order valence-electron chi connectivity index (χ2n) is 11.2. The normalized spacial score (nSPS) is 21.5. The molecular weight excluding hydrogens is 504 g/mol. The Morgan fingerprint density at radius 3 is 2.44 bits per heavy atom. The smallest absolute Gasteiger partial charge is 0.296 e. The molecule has 2 aromatic heterocycles. The fourth-order valence-electron chi connectivity index (χ4n) is 5.33. The van der Waals surface area contributed by atoms with E-state index in [-0.39, 0.29) is 11.9 Å². The van der Waals surface area contributed by atoms with Gasteiger partial charge in [-0.1, -0.05) is 12.1 Å². The summed E-state index contributed by atoms with van der Waals surface area (Å²) in [4.78, 5) is 15.8. The number of morpholine rings is 1. The predicted molar refractivity (Wildman–Crippen MR) is 148 cm³/mol. The maximum atomic E-state index is 14.1. The van der Waals surface area contributed by atoms with Crippen molar-refractivity contribution >= 4 is 22.8 Å². The summed E-state index contributed by atoms with van der Waals surface area (Å²) in [5, 5.41) is 17.2. The summed E-state index contributed by atoms with van der Waals surface area (Å²) in [5.41, 5.74) is 0.318. The number of ether oxygens (including phenoxy) is 1. The van der Waals surface area contributed by atoms with Crippen molar-refractivity contribution in [1.82, 2.24) is 24.8 Å². The SMILES string of the molecule is CC(N[C@H]1CC[C@H](CNc2nc(N3CCOCC3)cc(-n3c(C(F)F)nc4ccccc43)n2)CC1)C(C)(C)O. The number of fused-ring (bicyclic) bond motifs is 1. The molecule has 11 heteroatoms. The Bertz CT molecular complexity index is 1250. The highest BCUT2D eigenvalue weighted by atomic mass is 19.3. The Labute approximate surface area is 228 Å². The van der Waals surface area contributed by atoms with Gasteiger partial charge in [-0.2, -0.15) is 9.97 Å². The average molecular weight is 544 g/mol. The Balaban J connectivity index is 1.36. The van der Waals surface area contributed by atoms with Crippen LogP contribution in [0.3, 0.4) is 0 Å². The highest BCUT2D eigenvalue weighted by molar-refractivity contribution is 5.78. The minimum Gasteiger partial charge on any atom is -0.389 e. The molecule has 39 heavy (non-hydrogen) atoms. The monoisotopic (exact) mass is 543 g/mol. The molecule has 0 spiro atoms. The van der Waals surface area contributed by atoms with Gasteiger partial charge in [-0.3, -0.25) is 4.57 Å². The minimum absolute atomic E-state index is 0.0179. The summed E-state index contributed by atoms with van der Waals surface area (Å²) in [5.74, 6) is 1.58. The third kappa shape index (κ3) is 6.47. The van der Waals surface area contributed by atoms with Gasteiger partial charge in [-0.05, 0) is 64.5 Å². The standard InChI is InChI=1S/C28H39F2N7O2/c1-18(28(2,3)38)32-20-10-8-19(9-11-20)17-31-27-34-23(36-12-14-39-15-13-36)16-24(35-27)37-22-7-5-4-6-21(22)33-26(37)25(29)30/h4-7,16,18-20,25,32,38H,8-15,17H2,1-3H3,(H,31,34,35)/t18?,19-,20-. The first-order valence-corrected chi connectivity index (χ1v) is 13.9. The highest BCUT2D eigenvalue weighted by Crippen LogP contribution is 2.30. The van der Waals surface area contributed by atoms with E-state index in [2.05, 4.69) is 20.5 Å². The molecule has 3 N–H and O–H groups in total. The van der Waals surface area contributed by atoms with Gasteiger partial charge in [-0.25, -0.2) is 13.8 Å². The molecule has 2 fully saturated rings. The Morgan fingerprint density at radius 1 is 1.05 bits per heavy atom. The lowest BCUT2D eigenvalue weighted by atomic mass is 9.85. The average Bonchev–Trinajstić information content (AvgIpc) is 3.33. The van der Waals surface area contributed by atoms with Crippen LogP contribution >= 0.6 is 0 Å². The number of benzene rings is 1. The van der Waals surface area contributed by atoms with Crippen molar-refractivity contribution in [2.45, 2.75) is 70.6 Å². The van der Waals surface area contributed by atoms with Gasteiger partial charge in [0.25, 0.3) is 6.43 Å². The molecule has 1 unspecified atom stereocenters. The first kappa shape index (κ1) is 27.7. The molecule has 3 aromatic rings. The lowest BCUT2D eigenvalue weighted by molar-refractivity contribution is 0.0368. The van der Waals surface area contributed by atoms with Crippen LogP contribution in [0.25, 0.3) is 16.9 Å². The van der Waals surface area contributed by atoms with Crippen LogP contribution < -0.4 is 15.5 Å².